The van der Waals surface area contributed by atoms with Crippen molar-refractivity contribution in [1.82, 2.24) is 4.90 Å². The Balaban J connectivity index is 1.29. The number of amides is 3. The van der Waals surface area contributed by atoms with Gasteiger partial charge in [0.1, 0.15) is 13.2 Å². The molecule has 4 aromatic carbocycles. The van der Waals surface area contributed by atoms with Gasteiger partial charge in [0.2, 0.25) is 5.91 Å². The van der Waals surface area contributed by atoms with Crippen molar-refractivity contribution >= 4 is 73.9 Å². The fraction of sp³-hybridized carbons (Fsp3) is 0.129. The number of hydrogen-bond donors (Lipinski definition) is 1. The summed E-state index contributed by atoms with van der Waals surface area (Å²) in [6.45, 7) is -0.353. The van der Waals surface area contributed by atoms with Gasteiger partial charge >= 0.3 is 6.18 Å². The third kappa shape index (κ3) is 6.96. The molecule has 5 rings (SSSR count). The zero-order valence-corrected chi connectivity index (χ0v) is 25.4. The summed E-state index contributed by atoms with van der Waals surface area (Å²) in [6.07, 6.45) is -3.08. The number of alkyl halides is 3. The van der Waals surface area contributed by atoms with Gasteiger partial charge in [0.05, 0.1) is 21.1 Å². The standard InChI is InChI=1S/C31H22F3IN2O5S/c1-41-25-13-18(12-24(35)28(25)42-17-20-8-4-7-19-6-2-3-11-23(19)20)14-26-29(39)37(30(40)43-26)16-27(38)36-22-10-5-9-21(15-22)31(32,33)34/h2-15H,16-17H2,1H3,(H,36,38)/b26-14-. The van der Waals surface area contributed by atoms with Gasteiger partial charge in [0.15, 0.2) is 11.5 Å². The first kappa shape index (κ1) is 30.4. The van der Waals surface area contributed by atoms with Gasteiger partial charge in [0.25, 0.3) is 11.1 Å². The van der Waals surface area contributed by atoms with E-state index in [-0.39, 0.29) is 10.6 Å². The number of carbonyl (C=O) groups is 3. The van der Waals surface area contributed by atoms with E-state index < -0.39 is 35.3 Å². The fourth-order valence-corrected chi connectivity index (χ4v) is 6.06. The highest BCUT2D eigenvalue weighted by molar-refractivity contribution is 14.1. The molecule has 0 radical (unpaired) electrons. The van der Waals surface area contributed by atoms with Gasteiger partial charge in [-0.3, -0.25) is 19.3 Å². The first-order chi connectivity index (χ1) is 20.5. The second-order valence-corrected chi connectivity index (χ2v) is 11.5. The maximum atomic E-state index is 13.0. The van der Waals surface area contributed by atoms with Crippen molar-refractivity contribution in [2.45, 2.75) is 12.8 Å². The molecule has 1 heterocycles. The first-order valence-corrected chi connectivity index (χ1v) is 14.6. The minimum absolute atomic E-state index is 0.0825. The summed E-state index contributed by atoms with van der Waals surface area (Å²) in [5.74, 6) is -0.558. The summed E-state index contributed by atoms with van der Waals surface area (Å²) in [5.41, 5.74) is 0.532. The SMILES string of the molecule is COc1cc(/C=C2\SC(=O)N(CC(=O)Nc3cccc(C(F)(F)F)c3)C2=O)cc(I)c1OCc1cccc2ccccc12. The van der Waals surface area contributed by atoms with Crippen LogP contribution in [0, 0.1) is 3.57 Å². The molecule has 4 aromatic rings. The van der Waals surface area contributed by atoms with Gasteiger partial charge in [-0.05, 0) is 92.7 Å². The first-order valence-electron chi connectivity index (χ1n) is 12.7. The molecule has 0 aliphatic carbocycles. The molecule has 1 saturated heterocycles. The number of halogens is 4. The number of carbonyl (C=O) groups excluding carboxylic acids is 3. The minimum atomic E-state index is -4.58. The van der Waals surface area contributed by atoms with Gasteiger partial charge in [-0.15, -0.1) is 0 Å². The normalized spacial score (nSPS) is 14.4. The highest BCUT2D eigenvalue weighted by Gasteiger charge is 2.36. The van der Waals surface area contributed by atoms with Crippen molar-refractivity contribution in [1.29, 1.82) is 0 Å². The van der Waals surface area contributed by atoms with Crippen LogP contribution in [0.1, 0.15) is 16.7 Å². The Morgan fingerprint density at radius 3 is 2.53 bits per heavy atom. The van der Waals surface area contributed by atoms with E-state index in [2.05, 4.69) is 27.9 Å². The predicted octanol–water partition coefficient (Wildman–Crippen LogP) is 7.73. The van der Waals surface area contributed by atoms with Gasteiger partial charge in [-0.1, -0.05) is 48.5 Å². The number of nitrogens with zero attached hydrogens (tertiary/aromatic N) is 1. The molecular formula is C31H22F3IN2O5S. The topological polar surface area (TPSA) is 84.9 Å². The minimum Gasteiger partial charge on any atom is -0.493 e. The number of thioether (sulfide) groups is 1. The van der Waals surface area contributed by atoms with Gasteiger partial charge in [0, 0.05) is 5.69 Å². The Hall–Kier alpha value is -4.04. The number of imide groups is 1. The quantitative estimate of drug-likeness (QED) is 0.148. The number of ether oxygens (including phenoxy) is 2. The molecule has 0 bridgehead atoms. The van der Waals surface area contributed by atoms with Crippen molar-refractivity contribution in [2.75, 3.05) is 19.0 Å². The fourth-order valence-electron chi connectivity index (χ4n) is 4.44. The van der Waals surface area contributed by atoms with E-state index in [1.54, 1.807) is 12.1 Å². The summed E-state index contributed by atoms with van der Waals surface area (Å²) in [6, 6.07) is 21.5. The Morgan fingerprint density at radius 2 is 1.77 bits per heavy atom. The van der Waals surface area contributed by atoms with E-state index in [4.69, 9.17) is 9.47 Å². The lowest BCUT2D eigenvalue weighted by atomic mass is 10.1. The van der Waals surface area contributed by atoms with E-state index >= 15 is 0 Å². The molecule has 43 heavy (non-hydrogen) atoms. The third-order valence-corrected chi connectivity index (χ3v) is 8.16. The van der Waals surface area contributed by atoms with E-state index in [0.717, 1.165) is 39.4 Å². The number of anilines is 1. The average Bonchev–Trinajstić information content (AvgIpc) is 3.23. The monoisotopic (exact) mass is 718 g/mol. The number of benzene rings is 4. The van der Waals surface area contributed by atoms with Crippen molar-refractivity contribution in [3.05, 3.63) is 104 Å². The molecule has 1 aliphatic rings. The Morgan fingerprint density at radius 1 is 1.02 bits per heavy atom. The van der Waals surface area contributed by atoms with E-state index in [0.29, 0.717) is 39.0 Å². The molecule has 0 atom stereocenters. The molecule has 220 valence electrons. The molecule has 12 heteroatoms. The van der Waals surface area contributed by atoms with Crippen LogP contribution < -0.4 is 14.8 Å². The molecule has 1 N–H and O–H groups in total. The van der Waals surface area contributed by atoms with Crippen LogP contribution in [-0.4, -0.2) is 35.6 Å². The molecular weight excluding hydrogens is 696 g/mol. The Bertz CT molecular complexity index is 1770. The summed E-state index contributed by atoms with van der Waals surface area (Å²) in [7, 11) is 1.50. The Kier molecular flexibility index (Phi) is 8.97. The molecule has 0 saturated carbocycles. The molecule has 0 spiro atoms. The third-order valence-electron chi connectivity index (χ3n) is 6.45. The number of rotatable bonds is 8. The van der Waals surface area contributed by atoms with E-state index in [9.17, 15) is 27.6 Å². The van der Waals surface area contributed by atoms with Crippen molar-refractivity contribution < 1.29 is 37.0 Å². The summed E-state index contributed by atoms with van der Waals surface area (Å²) in [4.78, 5) is 38.9. The van der Waals surface area contributed by atoms with Crippen LogP contribution in [0.3, 0.4) is 0 Å². The van der Waals surface area contributed by atoms with E-state index in [1.165, 1.54) is 19.3 Å². The highest BCUT2D eigenvalue weighted by atomic mass is 127. The molecule has 3 amide bonds. The summed E-state index contributed by atoms with van der Waals surface area (Å²) < 4.78 is 51.4. The maximum absolute atomic E-state index is 13.0. The van der Waals surface area contributed by atoms with Crippen LogP contribution in [-0.2, 0) is 22.4 Å². The molecule has 0 unspecified atom stereocenters. The lowest BCUT2D eigenvalue weighted by Gasteiger charge is -2.15. The second kappa shape index (κ2) is 12.7. The van der Waals surface area contributed by atoms with E-state index in [1.807, 2.05) is 42.5 Å². The van der Waals surface area contributed by atoms with Crippen molar-refractivity contribution in [2.24, 2.45) is 0 Å². The van der Waals surface area contributed by atoms with Crippen molar-refractivity contribution in [3.63, 3.8) is 0 Å². The summed E-state index contributed by atoms with van der Waals surface area (Å²) in [5, 5.41) is 3.81. The van der Waals surface area contributed by atoms with Gasteiger partial charge < -0.3 is 14.8 Å². The number of methoxy groups -OCH3 is 1. The molecule has 0 aromatic heterocycles. The Labute approximate surface area is 262 Å². The van der Waals surface area contributed by atoms with Crippen LogP contribution in [0.25, 0.3) is 16.8 Å². The highest BCUT2D eigenvalue weighted by Crippen LogP contribution is 2.38. The lowest BCUT2D eigenvalue weighted by Crippen LogP contribution is -2.36. The van der Waals surface area contributed by atoms with Crippen LogP contribution in [0.4, 0.5) is 23.7 Å². The number of hydrogen-bond acceptors (Lipinski definition) is 6. The molecule has 1 fully saturated rings. The van der Waals surface area contributed by atoms with Gasteiger partial charge in [-0.25, -0.2) is 0 Å². The lowest BCUT2D eigenvalue weighted by molar-refractivity contribution is -0.137. The van der Waals surface area contributed by atoms with Crippen LogP contribution in [0.2, 0.25) is 0 Å². The zero-order chi connectivity index (χ0) is 30.7. The van der Waals surface area contributed by atoms with Crippen molar-refractivity contribution in [3.8, 4) is 11.5 Å². The second-order valence-electron chi connectivity index (χ2n) is 9.36. The average molecular weight is 718 g/mol. The number of nitrogens with one attached hydrogen (secondary N) is 1. The molecule has 1 aliphatic heterocycles. The zero-order valence-electron chi connectivity index (χ0n) is 22.4. The van der Waals surface area contributed by atoms with Gasteiger partial charge in [-0.2, -0.15) is 13.2 Å². The largest absolute Gasteiger partial charge is 0.493 e. The number of fused-ring (bicyclic) bond motifs is 1. The van der Waals surface area contributed by atoms with Crippen LogP contribution in [0.15, 0.2) is 83.8 Å². The van der Waals surface area contributed by atoms with Crippen LogP contribution in [0.5, 0.6) is 11.5 Å². The van der Waals surface area contributed by atoms with Crippen LogP contribution >= 0.6 is 34.4 Å². The smallest absolute Gasteiger partial charge is 0.416 e. The maximum Gasteiger partial charge on any atom is 0.416 e. The summed E-state index contributed by atoms with van der Waals surface area (Å²) >= 11 is 2.76. The molecule has 7 nitrogen and oxygen atoms in total. The predicted molar refractivity (Wildman–Crippen MR) is 167 cm³/mol.